The lowest BCUT2D eigenvalue weighted by Gasteiger charge is -2.12. The third-order valence-corrected chi connectivity index (χ3v) is 6.87. The SMILES string of the molecule is CCn1c(CSc2nnc(COc3ccc(OC)cc3)n2-c2ccccc2F)nc2cc(C(=O)O)ccc21. The van der Waals surface area contributed by atoms with Crippen LogP contribution in [0.4, 0.5) is 4.39 Å². The van der Waals surface area contributed by atoms with Gasteiger partial charge in [-0.3, -0.25) is 4.57 Å². The average Bonchev–Trinajstić information content (AvgIpc) is 3.51. The zero-order chi connectivity index (χ0) is 26.6. The maximum absolute atomic E-state index is 14.9. The normalized spacial score (nSPS) is 11.1. The molecule has 9 nitrogen and oxygen atoms in total. The molecule has 0 unspecified atom stereocenters. The number of aromatic nitrogens is 5. The first kappa shape index (κ1) is 25.3. The van der Waals surface area contributed by atoms with E-state index in [1.807, 2.05) is 11.5 Å². The molecule has 2 aromatic heterocycles. The van der Waals surface area contributed by atoms with E-state index in [0.717, 1.165) is 11.3 Å². The van der Waals surface area contributed by atoms with E-state index >= 15 is 0 Å². The second kappa shape index (κ2) is 10.9. The quantitative estimate of drug-likeness (QED) is 0.240. The Kier molecular flexibility index (Phi) is 7.27. The number of carboxylic acid groups (broad SMARTS) is 1. The Labute approximate surface area is 221 Å². The number of carbonyl (C=O) groups is 1. The fourth-order valence-electron chi connectivity index (χ4n) is 4.09. The van der Waals surface area contributed by atoms with Crippen molar-refractivity contribution in [2.24, 2.45) is 0 Å². The van der Waals surface area contributed by atoms with Gasteiger partial charge in [0, 0.05) is 6.54 Å². The molecule has 0 atom stereocenters. The molecular formula is C27H24FN5O4S. The van der Waals surface area contributed by atoms with Crippen molar-refractivity contribution in [3.05, 3.63) is 89.8 Å². The van der Waals surface area contributed by atoms with Crippen molar-refractivity contribution in [2.75, 3.05) is 7.11 Å². The fourth-order valence-corrected chi connectivity index (χ4v) is 5.00. The Balaban J connectivity index is 1.44. The van der Waals surface area contributed by atoms with Gasteiger partial charge < -0.3 is 19.1 Å². The number of ether oxygens (including phenoxy) is 2. The number of imidazole rings is 1. The van der Waals surface area contributed by atoms with E-state index in [4.69, 9.17) is 9.47 Å². The van der Waals surface area contributed by atoms with Gasteiger partial charge in [0.25, 0.3) is 0 Å². The molecule has 0 saturated carbocycles. The van der Waals surface area contributed by atoms with Crippen LogP contribution in [0.3, 0.4) is 0 Å². The van der Waals surface area contributed by atoms with E-state index in [1.165, 1.54) is 17.8 Å². The van der Waals surface area contributed by atoms with Crippen LogP contribution < -0.4 is 9.47 Å². The largest absolute Gasteiger partial charge is 0.497 e. The summed E-state index contributed by atoms with van der Waals surface area (Å²) < 4.78 is 29.6. The zero-order valence-electron chi connectivity index (χ0n) is 20.7. The highest BCUT2D eigenvalue weighted by Crippen LogP contribution is 2.29. The van der Waals surface area contributed by atoms with Gasteiger partial charge in [0.05, 0.1) is 35.1 Å². The summed E-state index contributed by atoms with van der Waals surface area (Å²) in [5, 5.41) is 18.4. The number of benzene rings is 3. The summed E-state index contributed by atoms with van der Waals surface area (Å²) in [7, 11) is 1.59. The first-order chi connectivity index (χ1) is 18.5. The molecule has 1 N–H and O–H groups in total. The number of hydrogen-bond acceptors (Lipinski definition) is 7. The summed E-state index contributed by atoms with van der Waals surface area (Å²) >= 11 is 1.36. The molecular weight excluding hydrogens is 509 g/mol. The van der Waals surface area contributed by atoms with Crippen LogP contribution in [0.2, 0.25) is 0 Å². The number of hydrogen-bond donors (Lipinski definition) is 1. The number of aryl methyl sites for hydroxylation is 1. The summed E-state index contributed by atoms with van der Waals surface area (Å²) in [5.74, 6) is 1.50. The summed E-state index contributed by atoms with van der Waals surface area (Å²) in [6, 6.07) is 18.5. The predicted octanol–water partition coefficient (Wildman–Crippen LogP) is 5.35. The number of halogens is 1. The smallest absolute Gasteiger partial charge is 0.335 e. The molecule has 0 aliphatic heterocycles. The predicted molar refractivity (Wildman–Crippen MR) is 141 cm³/mol. The van der Waals surface area contributed by atoms with Crippen LogP contribution in [0.1, 0.15) is 28.9 Å². The van der Waals surface area contributed by atoms with Crippen LogP contribution in [0.15, 0.2) is 71.9 Å². The fraction of sp³-hybridized carbons (Fsp3) is 0.185. The molecule has 0 spiro atoms. The first-order valence-corrected chi connectivity index (χ1v) is 12.8. The molecule has 0 bridgehead atoms. The molecule has 2 heterocycles. The standard InChI is InChI=1S/C27H24FN5O4S/c1-3-32-23-13-8-17(26(34)35)14-21(23)29-25(32)16-38-27-31-30-24(33(27)22-7-5-4-6-20(22)28)15-37-19-11-9-18(36-2)10-12-19/h4-14H,3,15-16H2,1-2H3,(H,34,35). The highest BCUT2D eigenvalue weighted by Gasteiger charge is 2.20. The molecule has 38 heavy (non-hydrogen) atoms. The van der Waals surface area contributed by atoms with E-state index in [2.05, 4.69) is 15.2 Å². The number of carboxylic acids is 1. The monoisotopic (exact) mass is 533 g/mol. The number of methoxy groups -OCH3 is 1. The second-order valence-corrected chi connectivity index (χ2v) is 9.16. The van der Waals surface area contributed by atoms with Gasteiger partial charge in [-0.05, 0) is 61.5 Å². The van der Waals surface area contributed by atoms with E-state index < -0.39 is 11.8 Å². The molecule has 3 aromatic carbocycles. The first-order valence-electron chi connectivity index (χ1n) is 11.8. The average molecular weight is 534 g/mol. The zero-order valence-corrected chi connectivity index (χ0v) is 21.5. The van der Waals surface area contributed by atoms with Gasteiger partial charge in [-0.1, -0.05) is 23.9 Å². The van der Waals surface area contributed by atoms with E-state index in [9.17, 15) is 14.3 Å². The summed E-state index contributed by atoms with van der Waals surface area (Å²) in [4.78, 5) is 16.1. The summed E-state index contributed by atoms with van der Waals surface area (Å²) in [6.07, 6.45) is 0. The van der Waals surface area contributed by atoms with Crippen molar-refractivity contribution < 1.29 is 23.8 Å². The van der Waals surface area contributed by atoms with Crippen LogP contribution >= 0.6 is 11.8 Å². The number of rotatable bonds is 10. The van der Waals surface area contributed by atoms with Crippen LogP contribution in [0.5, 0.6) is 11.5 Å². The molecule has 11 heteroatoms. The third kappa shape index (κ3) is 5.05. The number of para-hydroxylation sites is 1. The topological polar surface area (TPSA) is 104 Å². The van der Waals surface area contributed by atoms with Crippen molar-refractivity contribution in [1.82, 2.24) is 24.3 Å². The minimum Gasteiger partial charge on any atom is -0.497 e. The molecule has 0 amide bonds. The maximum atomic E-state index is 14.9. The number of thioether (sulfide) groups is 1. The van der Waals surface area contributed by atoms with Gasteiger partial charge in [-0.25, -0.2) is 14.2 Å². The Hall–Kier alpha value is -4.38. The minimum absolute atomic E-state index is 0.0691. The maximum Gasteiger partial charge on any atom is 0.335 e. The van der Waals surface area contributed by atoms with Gasteiger partial charge in [0.1, 0.15) is 29.7 Å². The lowest BCUT2D eigenvalue weighted by Crippen LogP contribution is -2.08. The third-order valence-electron chi connectivity index (χ3n) is 5.94. The Morgan fingerprint density at radius 2 is 1.79 bits per heavy atom. The lowest BCUT2D eigenvalue weighted by molar-refractivity contribution is 0.0697. The molecule has 5 aromatic rings. The number of fused-ring (bicyclic) bond motifs is 1. The molecule has 0 aliphatic rings. The molecule has 0 aliphatic carbocycles. The van der Waals surface area contributed by atoms with Crippen molar-refractivity contribution in [3.8, 4) is 17.2 Å². The van der Waals surface area contributed by atoms with Gasteiger partial charge in [0.2, 0.25) is 0 Å². The molecule has 0 radical (unpaired) electrons. The Morgan fingerprint density at radius 1 is 1.03 bits per heavy atom. The summed E-state index contributed by atoms with van der Waals surface area (Å²) in [5.41, 5.74) is 1.94. The van der Waals surface area contributed by atoms with Crippen molar-refractivity contribution in [3.63, 3.8) is 0 Å². The number of aromatic carboxylic acids is 1. The van der Waals surface area contributed by atoms with E-state index in [0.29, 0.717) is 46.0 Å². The van der Waals surface area contributed by atoms with Gasteiger partial charge in [0.15, 0.2) is 11.0 Å². The van der Waals surface area contributed by atoms with Crippen molar-refractivity contribution >= 4 is 28.8 Å². The van der Waals surface area contributed by atoms with Crippen LogP contribution in [-0.2, 0) is 18.9 Å². The highest BCUT2D eigenvalue weighted by molar-refractivity contribution is 7.98. The molecule has 5 rings (SSSR count). The van der Waals surface area contributed by atoms with Crippen molar-refractivity contribution in [2.45, 2.75) is 31.0 Å². The molecule has 0 fully saturated rings. The van der Waals surface area contributed by atoms with E-state index in [1.54, 1.807) is 72.3 Å². The Bertz CT molecular complexity index is 1600. The van der Waals surface area contributed by atoms with Gasteiger partial charge in [-0.15, -0.1) is 10.2 Å². The lowest BCUT2D eigenvalue weighted by atomic mass is 10.2. The molecule has 0 saturated heterocycles. The van der Waals surface area contributed by atoms with Gasteiger partial charge >= 0.3 is 5.97 Å². The molecule has 194 valence electrons. The van der Waals surface area contributed by atoms with Crippen molar-refractivity contribution in [1.29, 1.82) is 0 Å². The summed E-state index contributed by atoms with van der Waals surface area (Å²) in [6.45, 7) is 2.72. The van der Waals surface area contributed by atoms with E-state index in [-0.39, 0.29) is 12.2 Å². The second-order valence-electron chi connectivity index (χ2n) is 8.22. The highest BCUT2D eigenvalue weighted by atomic mass is 32.2. The van der Waals surface area contributed by atoms with Gasteiger partial charge in [-0.2, -0.15) is 0 Å². The minimum atomic E-state index is -1.00. The van der Waals surface area contributed by atoms with Crippen LogP contribution in [0, 0.1) is 5.82 Å². The van der Waals surface area contributed by atoms with Crippen LogP contribution in [-0.4, -0.2) is 42.5 Å². The van der Waals surface area contributed by atoms with Crippen LogP contribution in [0.25, 0.3) is 16.7 Å². The number of nitrogens with zero attached hydrogens (tertiary/aromatic N) is 5. The Morgan fingerprint density at radius 3 is 2.50 bits per heavy atom.